The predicted octanol–water partition coefficient (Wildman–Crippen LogP) is 0.706. The number of carbonyl (C=O) groups excluding carboxylic acids is 2. The minimum absolute atomic E-state index is 0.0337. The van der Waals surface area contributed by atoms with Gasteiger partial charge in [-0.25, -0.2) is 9.59 Å². The number of nitro groups is 1. The number of ether oxygens (including phenoxy) is 4. The first kappa shape index (κ1) is 15.4. The summed E-state index contributed by atoms with van der Waals surface area (Å²) in [4.78, 5) is 34.3. The molecule has 9 heteroatoms. The molecule has 0 amide bonds. The van der Waals surface area contributed by atoms with Gasteiger partial charge in [-0.2, -0.15) is 0 Å². The van der Waals surface area contributed by atoms with Crippen molar-refractivity contribution >= 4 is 17.6 Å². The van der Waals surface area contributed by atoms with Crippen molar-refractivity contribution in [3.05, 3.63) is 39.4 Å². The maximum atomic E-state index is 12.1. The van der Waals surface area contributed by atoms with Crippen LogP contribution in [0.1, 0.15) is 20.7 Å². The average Bonchev–Trinajstić information content (AvgIpc) is 3.44. The number of carbonyl (C=O) groups is 2. The topological polar surface area (TPSA) is 121 Å². The number of nitrogens with zero attached hydrogens (tertiary/aromatic N) is 1. The third-order valence-corrected chi connectivity index (χ3v) is 3.26. The fourth-order valence-corrected chi connectivity index (χ4v) is 1.81. The number of epoxide rings is 2. The number of hydrogen-bond donors (Lipinski definition) is 0. The maximum Gasteiger partial charge on any atom is 0.339 e. The number of esters is 2. The number of benzene rings is 1. The van der Waals surface area contributed by atoms with Gasteiger partial charge in [-0.3, -0.25) is 10.1 Å². The fraction of sp³-hybridized carbons (Fsp3) is 0.429. The smallest absolute Gasteiger partial charge is 0.339 e. The fourth-order valence-electron chi connectivity index (χ4n) is 1.81. The summed E-state index contributed by atoms with van der Waals surface area (Å²) < 4.78 is 19.8. The Morgan fingerprint density at radius 1 is 1.09 bits per heavy atom. The molecular formula is C14H13NO8. The van der Waals surface area contributed by atoms with E-state index in [-0.39, 0.29) is 42.2 Å². The molecule has 9 nitrogen and oxygen atoms in total. The number of rotatable bonds is 7. The molecule has 0 aromatic heterocycles. The maximum absolute atomic E-state index is 12.1. The van der Waals surface area contributed by atoms with E-state index in [1.54, 1.807) is 0 Å². The van der Waals surface area contributed by atoms with Crippen LogP contribution >= 0.6 is 0 Å². The monoisotopic (exact) mass is 323 g/mol. The number of nitro benzene ring substituents is 1. The van der Waals surface area contributed by atoms with Crippen molar-refractivity contribution in [2.75, 3.05) is 26.4 Å². The Bertz CT molecular complexity index is 650. The van der Waals surface area contributed by atoms with E-state index in [1.807, 2.05) is 0 Å². The molecule has 3 rings (SSSR count). The molecule has 23 heavy (non-hydrogen) atoms. The van der Waals surface area contributed by atoms with E-state index >= 15 is 0 Å². The van der Waals surface area contributed by atoms with E-state index in [0.717, 1.165) is 12.1 Å². The summed E-state index contributed by atoms with van der Waals surface area (Å²) >= 11 is 0. The first-order chi connectivity index (χ1) is 11.0. The average molecular weight is 323 g/mol. The molecular weight excluding hydrogens is 310 g/mol. The second kappa shape index (κ2) is 6.31. The molecule has 0 spiro atoms. The molecule has 0 aliphatic carbocycles. The van der Waals surface area contributed by atoms with Crippen LogP contribution in [0.15, 0.2) is 18.2 Å². The van der Waals surface area contributed by atoms with Gasteiger partial charge < -0.3 is 18.9 Å². The van der Waals surface area contributed by atoms with Crippen LogP contribution in [-0.2, 0) is 18.9 Å². The highest BCUT2D eigenvalue weighted by molar-refractivity contribution is 6.03. The van der Waals surface area contributed by atoms with Gasteiger partial charge in [-0.05, 0) is 6.07 Å². The van der Waals surface area contributed by atoms with Gasteiger partial charge in [0.1, 0.15) is 25.4 Å². The van der Waals surface area contributed by atoms with Crippen LogP contribution < -0.4 is 0 Å². The summed E-state index contributed by atoms with van der Waals surface area (Å²) in [5.74, 6) is -1.59. The van der Waals surface area contributed by atoms with Crippen molar-refractivity contribution in [3.63, 3.8) is 0 Å². The highest BCUT2D eigenvalue weighted by Gasteiger charge is 2.29. The van der Waals surface area contributed by atoms with Crippen LogP contribution in [0, 0.1) is 10.1 Å². The van der Waals surface area contributed by atoms with E-state index in [0.29, 0.717) is 13.2 Å². The normalized spacial score (nSPS) is 21.4. The van der Waals surface area contributed by atoms with Gasteiger partial charge in [-0.15, -0.1) is 0 Å². The lowest BCUT2D eigenvalue weighted by molar-refractivity contribution is -0.384. The lowest BCUT2D eigenvalue weighted by Gasteiger charge is -2.09. The summed E-state index contributed by atoms with van der Waals surface area (Å²) in [6.45, 7) is 1.12. The molecule has 2 aliphatic heterocycles. The van der Waals surface area contributed by atoms with Crippen LogP contribution in [0.4, 0.5) is 5.69 Å². The second-order valence-electron chi connectivity index (χ2n) is 5.09. The van der Waals surface area contributed by atoms with Crippen LogP contribution in [0.3, 0.4) is 0 Å². The van der Waals surface area contributed by atoms with Gasteiger partial charge in [0.2, 0.25) is 0 Å². The molecule has 0 N–H and O–H groups in total. The number of non-ortho nitro benzene ring substituents is 1. The molecule has 2 fully saturated rings. The zero-order valence-corrected chi connectivity index (χ0v) is 11.9. The molecule has 122 valence electrons. The van der Waals surface area contributed by atoms with Crippen LogP contribution in [-0.4, -0.2) is 55.5 Å². The Hall–Kier alpha value is -2.52. The van der Waals surface area contributed by atoms with Gasteiger partial charge in [0.05, 0.1) is 29.3 Å². The molecule has 2 atom stereocenters. The number of hydrogen-bond acceptors (Lipinski definition) is 8. The first-order valence-corrected chi connectivity index (χ1v) is 6.90. The van der Waals surface area contributed by atoms with Crippen LogP contribution in [0.2, 0.25) is 0 Å². The summed E-state index contributed by atoms with van der Waals surface area (Å²) in [6, 6.07) is 3.31. The van der Waals surface area contributed by atoms with Crippen molar-refractivity contribution in [3.8, 4) is 0 Å². The molecule has 1 aromatic carbocycles. The zero-order valence-electron chi connectivity index (χ0n) is 11.9. The van der Waals surface area contributed by atoms with E-state index in [4.69, 9.17) is 18.9 Å². The highest BCUT2D eigenvalue weighted by Crippen LogP contribution is 2.21. The lowest BCUT2D eigenvalue weighted by Crippen LogP contribution is -2.17. The largest absolute Gasteiger partial charge is 0.459 e. The third-order valence-electron chi connectivity index (χ3n) is 3.26. The quantitative estimate of drug-likeness (QED) is 0.311. The van der Waals surface area contributed by atoms with E-state index in [1.165, 1.54) is 6.07 Å². The Morgan fingerprint density at radius 3 is 2.09 bits per heavy atom. The van der Waals surface area contributed by atoms with Crippen LogP contribution in [0.5, 0.6) is 0 Å². The molecule has 2 aliphatic rings. The SMILES string of the molecule is O=C(OCC1CO1)c1ccc([N+](=O)[O-])cc1C(=O)OCC1CO1. The van der Waals surface area contributed by atoms with Crippen molar-refractivity contribution < 1.29 is 33.5 Å². The minimum atomic E-state index is -0.834. The molecule has 0 saturated carbocycles. The standard InChI is InChI=1S/C14H13NO8/c16-13(22-6-9-4-20-9)11-2-1-8(15(18)19)3-12(11)14(17)23-7-10-5-21-10/h1-3,9-10H,4-7H2. The van der Waals surface area contributed by atoms with Gasteiger partial charge in [-0.1, -0.05) is 0 Å². The zero-order chi connectivity index (χ0) is 16.4. The van der Waals surface area contributed by atoms with Gasteiger partial charge in [0, 0.05) is 12.1 Å². The van der Waals surface area contributed by atoms with Crippen molar-refractivity contribution in [1.82, 2.24) is 0 Å². The molecule has 2 heterocycles. The Kier molecular flexibility index (Phi) is 4.22. The molecule has 2 unspecified atom stereocenters. The highest BCUT2D eigenvalue weighted by atomic mass is 16.6. The van der Waals surface area contributed by atoms with E-state index in [2.05, 4.69) is 0 Å². The molecule has 2 saturated heterocycles. The molecule has 0 bridgehead atoms. The van der Waals surface area contributed by atoms with Gasteiger partial charge in [0.25, 0.3) is 5.69 Å². The Balaban J connectivity index is 1.78. The second-order valence-corrected chi connectivity index (χ2v) is 5.09. The summed E-state index contributed by atoms with van der Waals surface area (Å²) in [6.07, 6.45) is -0.278. The molecule has 1 aromatic rings. The summed E-state index contributed by atoms with van der Waals surface area (Å²) in [5.41, 5.74) is -0.610. The first-order valence-electron chi connectivity index (χ1n) is 6.90. The lowest BCUT2D eigenvalue weighted by atomic mass is 10.1. The van der Waals surface area contributed by atoms with Crippen molar-refractivity contribution in [1.29, 1.82) is 0 Å². The molecule has 0 radical (unpaired) electrons. The van der Waals surface area contributed by atoms with Gasteiger partial charge in [0.15, 0.2) is 0 Å². The van der Waals surface area contributed by atoms with Gasteiger partial charge >= 0.3 is 11.9 Å². The Labute approximate surface area is 130 Å². The van der Waals surface area contributed by atoms with Crippen molar-refractivity contribution in [2.45, 2.75) is 12.2 Å². The third kappa shape index (κ3) is 4.02. The van der Waals surface area contributed by atoms with Crippen LogP contribution in [0.25, 0.3) is 0 Å². The summed E-state index contributed by atoms with van der Waals surface area (Å²) in [7, 11) is 0. The minimum Gasteiger partial charge on any atom is -0.459 e. The van der Waals surface area contributed by atoms with E-state index < -0.39 is 16.9 Å². The predicted molar refractivity (Wildman–Crippen MR) is 73.1 cm³/mol. The summed E-state index contributed by atoms with van der Waals surface area (Å²) in [5, 5.41) is 10.9. The Morgan fingerprint density at radius 2 is 1.61 bits per heavy atom. The van der Waals surface area contributed by atoms with E-state index in [9.17, 15) is 19.7 Å². The van der Waals surface area contributed by atoms with Crippen molar-refractivity contribution in [2.24, 2.45) is 0 Å².